The van der Waals surface area contributed by atoms with Crippen LogP contribution >= 0.6 is 11.3 Å². The summed E-state index contributed by atoms with van der Waals surface area (Å²) in [6.07, 6.45) is 1.57. The normalized spacial score (nSPS) is 12.8. The predicted molar refractivity (Wildman–Crippen MR) is 105 cm³/mol. The maximum absolute atomic E-state index is 10.9. The Kier molecular flexibility index (Phi) is 5.97. The number of aromatic nitrogens is 1. The number of fused-ring (bicyclic) bond motifs is 1. The van der Waals surface area contributed by atoms with E-state index in [0.29, 0.717) is 16.9 Å². The monoisotopic (exact) mass is 419 g/mol. The van der Waals surface area contributed by atoms with Gasteiger partial charge in [0.2, 0.25) is 4.80 Å². The molecule has 3 aromatic rings. The van der Waals surface area contributed by atoms with Crippen molar-refractivity contribution in [2.24, 2.45) is 10.2 Å². The van der Waals surface area contributed by atoms with Crippen molar-refractivity contribution in [3.05, 3.63) is 69.0 Å². The average molecular weight is 419 g/mol. The third-order valence-electron chi connectivity index (χ3n) is 3.80. The molecule has 1 heterocycles. The molecule has 0 amide bonds. The minimum absolute atomic E-state index is 0.0419. The fourth-order valence-corrected chi connectivity index (χ4v) is 4.07. The highest BCUT2D eigenvalue weighted by atomic mass is 32.2. The third kappa shape index (κ3) is 5.09. The van der Waals surface area contributed by atoms with Gasteiger partial charge in [0, 0.05) is 30.0 Å². The molecule has 0 fully saturated rings. The van der Waals surface area contributed by atoms with E-state index in [1.165, 1.54) is 29.7 Å². The van der Waals surface area contributed by atoms with Crippen molar-refractivity contribution >= 4 is 43.6 Å². The molecule has 3 rings (SSSR count). The van der Waals surface area contributed by atoms with Gasteiger partial charge in [0.25, 0.3) is 5.69 Å². The molecule has 0 N–H and O–H groups in total. The molecule has 0 unspecified atom stereocenters. The number of para-hydroxylation sites is 1. The van der Waals surface area contributed by atoms with E-state index >= 15 is 0 Å². The molecule has 0 saturated heterocycles. The van der Waals surface area contributed by atoms with Gasteiger partial charge in [0.15, 0.2) is 0 Å². The first-order valence-corrected chi connectivity index (χ1v) is 10.6. The summed E-state index contributed by atoms with van der Waals surface area (Å²) >= 11 is 1.37. The number of nitro benzene ring substituents is 1. The molecule has 11 heteroatoms. The fraction of sp³-hybridized carbons (Fsp3) is 0.176. The van der Waals surface area contributed by atoms with Gasteiger partial charge in [-0.1, -0.05) is 35.6 Å². The van der Waals surface area contributed by atoms with E-state index in [1.807, 2.05) is 24.3 Å². The lowest BCUT2D eigenvalue weighted by Crippen LogP contribution is -2.17. The maximum Gasteiger partial charge on any atom is 0.270 e. The van der Waals surface area contributed by atoms with Gasteiger partial charge >= 0.3 is 0 Å². The zero-order valence-electron chi connectivity index (χ0n) is 14.5. The van der Waals surface area contributed by atoms with Crippen molar-refractivity contribution in [3.63, 3.8) is 0 Å². The summed E-state index contributed by atoms with van der Waals surface area (Å²) in [6, 6.07) is 13.5. The summed E-state index contributed by atoms with van der Waals surface area (Å²) in [7, 11) is -4.28. The molecule has 0 atom stereocenters. The first-order chi connectivity index (χ1) is 13.3. The standard InChI is InChI=1S/C17H16N4O5S2/c22-21(23)14-6-3-5-13(11-14)12-18-19-17-20(9-4-10-28(24,25)26)15-7-1-2-8-16(15)27-17/h1-3,5-8,11-12H,4,9-10H2,(H,24,25,26)/p-1/b18-12-,19-17-. The number of hydrogen-bond acceptors (Lipinski definition) is 8. The number of rotatable bonds is 7. The van der Waals surface area contributed by atoms with Gasteiger partial charge in [-0.2, -0.15) is 5.10 Å². The number of aryl methyl sites for hydroxylation is 1. The summed E-state index contributed by atoms with van der Waals surface area (Å²) in [5.41, 5.74) is 1.35. The Morgan fingerprint density at radius 3 is 2.71 bits per heavy atom. The van der Waals surface area contributed by atoms with E-state index in [0.717, 1.165) is 10.2 Å². The molecule has 0 aliphatic carbocycles. The van der Waals surface area contributed by atoms with Crippen LogP contribution in [0.25, 0.3) is 10.2 Å². The molecule has 0 bridgehead atoms. The van der Waals surface area contributed by atoms with Gasteiger partial charge in [-0.25, -0.2) is 8.42 Å². The zero-order valence-corrected chi connectivity index (χ0v) is 16.1. The zero-order chi connectivity index (χ0) is 20.1. The quantitative estimate of drug-likeness (QED) is 0.251. The molecule has 0 radical (unpaired) electrons. The number of thiazole rings is 1. The van der Waals surface area contributed by atoms with Crippen molar-refractivity contribution in [1.82, 2.24) is 4.57 Å². The lowest BCUT2D eigenvalue weighted by molar-refractivity contribution is -0.384. The van der Waals surface area contributed by atoms with Crippen LogP contribution < -0.4 is 4.80 Å². The number of nitrogens with zero attached hydrogens (tertiary/aromatic N) is 4. The molecule has 146 valence electrons. The second-order valence-corrected chi connectivity index (χ2v) is 8.35. The molecule has 0 saturated carbocycles. The summed E-state index contributed by atoms with van der Waals surface area (Å²) in [5, 5.41) is 19.0. The Balaban J connectivity index is 1.91. The van der Waals surface area contributed by atoms with E-state index in [-0.39, 0.29) is 12.1 Å². The third-order valence-corrected chi connectivity index (χ3v) is 5.63. The summed E-state index contributed by atoms with van der Waals surface area (Å²) in [5.74, 6) is -0.458. The van der Waals surface area contributed by atoms with Crippen LogP contribution in [-0.2, 0) is 16.7 Å². The highest BCUT2D eigenvalue weighted by Gasteiger charge is 2.07. The number of hydrogen-bond donors (Lipinski definition) is 0. The first kappa shape index (κ1) is 19.9. The van der Waals surface area contributed by atoms with Crippen molar-refractivity contribution in [1.29, 1.82) is 0 Å². The number of non-ortho nitro benzene ring substituents is 1. The second kappa shape index (κ2) is 8.42. The van der Waals surface area contributed by atoms with E-state index in [9.17, 15) is 23.1 Å². The first-order valence-electron chi connectivity index (χ1n) is 8.17. The smallest absolute Gasteiger partial charge is 0.270 e. The lowest BCUT2D eigenvalue weighted by atomic mass is 10.2. The Labute approximate surface area is 164 Å². The number of benzene rings is 2. The van der Waals surface area contributed by atoms with Crippen LogP contribution in [0.1, 0.15) is 12.0 Å². The van der Waals surface area contributed by atoms with Crippen molar-refractivity contribution < 1.29 is 17.9 Å². The lowest BCUT2D eigenvalue weighted by Gasteiger charge is -2.07. The highest BCUT2D eigenvalue weighted by Crippen LogP contribution is 2.17. The Hall–Kier alpha value is -2.89. The topological polar surface area (TPSA) is 130 Å². The van der Waals surface area contributed by atoms with Crippen molar-refractivity contribution in [3.8, 4) is 0 Å². The summed E-state index contributed by atoms with van der Waals surface area (Å²) in [4.78, 5) is 10.9. The van der Waals surface area contributed by atoms with Crippen molar-refractivity contribution in [2.45, 2.75) is 13.0 Å². The maximum atomic E-state index is 10.9. The summed E-state index contributed by atoms with van der Waals surface area (Å²) < 4.78 is 35.3. The van der Waals surface area contributed by atoms with Crippen LogP contribution in [0, 0.1) is 10.1 Å². The molecular weight excluding hydrogens is 404 g/mol. The Morgan fingerprint density at radius 1 is 1.18 bits per heavy atom. The Bertz CT molecular complexity index is 1210. The van der Waals surface area contributed by atoms with Gasteiger partial charge in [0.05, 0.1) is 31.5 Å². The highest BCUT2D eigenvalue weighted by molar-refractivity contribution is 7.85. The van der Waals surface area contributed by atoms with E-state index < -0.39 is 20.8 Å². The van der Waals surface area contributed by atoms with E-state index in [4.69, 9.17) is 0 Å². The number of nitro groups is 1. The molecular formula is C17H15N4O5S2-. The minimum Gasteiger partial charge on any atom is -0.748 e. The Morgan fingerprint density at radius 2 is 1.96 bits per heavy atom. The minimum atomic E-state index is -4.28. The van der Waals surface area contributed by atoms with Crippen LogP contribution in [0.5, 0.6) is 0 Å². The molecule has 1 aromatic heterocycles. The molecule has 0 aliphatic heterocycles. The second-order valence-electron chi connectivity index (χ2n) is 5.82. The van der Waals surface area contributed by atoms with E-state index in [2.05, 4.69) is 10.2 Å². The van der Waals surface area contributed by atoms with Gasteiger partial charge in [-0.05, 0) is 18.6 Å². The molecule has 9 nitrogen and oxygen atoms in total. The molecule has 28 heavy (non-hydrogen) atoms. The van der Waals surface area contributed by atoms with Gasteiger partial charge in [-0.3, -0.25) is 10.1 Å². The van der Waals surface area contributed by atoms with Crippen molar-refractivity contribution in [2.75, 3.05) is 5.75 Å². The largest absolute Gasteiger partial charge is 0.748 e. The molecule has 0 aliphatic rings. The molecule has 2 aromatic carbocycles. The van der Waals surface area contributed by atoms with Crippen LogP contribution in [0.15, 0.2) is 58.7 Å². The van der Waals surface area contributed by atoms with Crippen LogP contribution in [0.3, 0.4) is 0 Å². The van der Waals surface area contributed by atoms with Crippen LogP contribution in [-0.4, -0.2) is 34.4 Å². The molecule has 0 spiro atoms. The summed E-state index contributed by atoms with van der Waals surface area (Å²) in [6.45, 7) is 0.302. The predicted octanol–water partition coefficient (Wildman–Crippen LogP) is 2.48. The SMILES string of the molecule is O=[N+]([O-])c1cccc(/C=N\N=c2/sc3ccccc3n2CCCS(=O)(=O)[O-])c1. The van der Waals surface area contributed by atoms with Gasteiger partial charge in [-0.15, -0.1) is 5.10 Å². The van der Waals surface area contributed by atoms with E-state index in [1.54, 1.807) is 16.7 Å². The fourth-order valence-electron chi connectivity index (χ4n) is 2.58. The van der Waals surface area contributed by atoms with Crippen LogP contribution in [0.2, 0.25) is 0 Å². The van der Waals surface area contributed by atoms with Gasteiger partial charge < -0.3 is 9.12 Å². The van der Waals surface area contributed by atoms with Crippen LogP contribution in [0.4, 0.5) is 5.69 Å². The van der Waals surface area contributed by atoms with Gasteiger partial charge in [0.1, 0.15) is 0 Å². The average Bonchev–Trinajstić information content (AvgIpc) is 2.99.